The molecule has 0 aliphatic carbocycles. The Morgan fingerprint density at radius 3 is 3.00 bits per heavy atom. The van der Waals surface area contributed by atoms with Gasteiger partial charge >= 0.3 is 6.09 Å². The van der Waals surface area contributed by atoms with Gasteiger partial charge in [0, 0.05) is 41.8 Å². The number of fused-ring (bicyclic) bond motifs is 3. The molecule has 4 rings (SSSR count). The lowest BCUT2D eigenvalue weighted by Crippen LogP contribution is -2.47. The van der Waals surface area contributed by atoms with Crippen LogP contribution in [0.4, 0.5) is 10.5 Å². The van der Waals surface area contributed by atoms with Gasteiger partial charge in [-0.05, 0) is 36.1 Å². The van der Waals surface area contributed by atoms with Gasteiger partial charge < -0.3 is 14.9 Å². The van der Waals surface area contributed by atoms with Gasteiger partial charge in [-0.1, -0.05) is 15.9 Å². The van der Waals surface area contributed by atoms with Gasteiger partial charge in [0.05, 0.1) is 0 Å². The highest BCUT2D eigenvalue weighted by molar-refractivity contribution is 9.10. The van der Waals surface area contributed by atoms with E-state index in [2.05, 4.69) is 33.0 Å². The lowest BCUT2D eigenvalue weighted by atomic mass is 9.88. The van der Waals surface area contributed by atoms with E-state index in [4.69, 9.17) is 0 Å². The summed E-state index contributed by atoms with van der Waals surface area (Å²) in [5, 5.41) is 9.20. The number of anilines is 1. The normalized spacial score (nSPS) is 27.4. The molecule has 3 aliphatic heterocycles. The first-order valence-corrected chi connectivity index (χ1v) is 7.51. The Bertz CT molecular complexity index is 575. The number of hydrogen-bond donors (Lipinski definition) is 1. The molecule has 0 aromatic heterocycles. The molecule has 0 spiro atoms. The van der Waals surface area contributed by atoms with E-state index in [1.807, 2.05) is 0 Å². The number of piperidine rings is 1. The van der Waals surface area contributed by atoms with Gasteiger partial charge in [0.2, 0.25) is 0 Å². The number of halogens is 1. The van der Waals surface area contributed by atoms with Gasteiger partial charge in [0.15, 0.2) is 0 Å². The zero-order valence-electron chi connectivity index (χ0n) is 10.5. The zero-order chi connectivity index (χ0) is 13.1. The van der Waals surface area contributed by atoms with Crippen molar-refractivity contribution in [1.82, 2.24) is 4.90 Å². The largest absolute Gasteiger partial charge is 0.465 e. The number of nitrogens with zero attached hydrogens (tertiary/aromatic N) is 2. The molecule has 1 amide bonds. The van der Waals surface area contributed by atoms with Crippen LogP contribution in [0.25, 0.3) is 0 Å². The molecule has 1 fully saturated rings. The summed E-state index contributed by atoms with van der Waals surface area (Å²) in [5.41, 5.74) is 4.16. The van der Waals surface area contributed by atoms with Crippen LogP contribution >= 0.6 is 15.9 Å². The molecular weight excluding hydrogens is 308 g/mol. The third kappa shape index (κ3) is 1.54. The lowest BCUT2D eigenvalue weighted by Gasteiger charge is -2.37. The Hall–Kier alpha value is -1.23. The highest BCUT2D eigenvalue weighted by Crippen LogP contribution is 2.50. The number of likely N-dealkylation sites (tertiary alicyclic amines) is 1. The van der Waals surface area contributed by atoms with Crippen molar-refractivity contribution in [2.75, 3.05) is 24.5 Å². The Labute approximate surface area is 120 Å². The zero-order valence-corrected chi connectivity index (χ0v) is 12.1. The first kappa shape index (κ1) is 11.6. The Morgan fingerprint density at radius 1 is 1.37 bits per heavy atom. The molecule has 1 aromatic carbocycles. The highest BCUT2D eigenvalue weighted by Gasteiger charge is 2.45. The minimum absolute atomic E-state index is 0.344. The molecule has 1 aromatic rings. The molecule has 0 saturated carbocycles. The average Bonchev–Trinajstić information content (AvgIpc) is 2.92. The second-order valence-corrected chi connectivity index (χ2v) is 6.55. The number of rotatable bonds is 0. The second kappa shape index (κ2) is 3.88. The SMILES string of the molecule is O=C(O)N1CC[C@H]2[C@@H](C1)c1cc(Br)cc3c1N2CC3. The molecule has 1 N–H and O–H groups in total. The molecule has 0 radical (unpaired) electrons. The van der Waals surface area contributed by atoms with Gasteiger partial charge in [0.1, 0.15) is 0 Å². The topological polar surface area (TPSA) is 43.8 Å². The highest BCUT2D eigenvalue weighted by atomic mass is 79.9. The summed E-state index contributed by atoms with van der Waals surface area (Å²) in [4.78, 5) is 15.3. The molecule has 100 valence electrons. The van der Waals surface area contributed by atoms with Crippen LogP contribution in [0.5, 0.6) is 0 Å². The Morgan fingerprint density at radius 2 is 2.21 bits per heavy atom. The van der Waals surface area contributed by atoms with Crippen LogP contribution < -0.4 is 4.90 Å². The fraction of sp³-hybridized carbons (Fsp3) is 0.500. The number of benzene rings is 1. The summed E-state index contributed by atoms with van der Waals surface area (Å²) in [6.45, 7) is 2.39. The van der Waals surface area contributed by atoms with Gasteiger partial charge in [-0.15, -0.1) is 0 Å². The minimum Gasteiger partial charge on any atom is -0.465 e. The van der Waals surface area contributed by atoms with Crippen molar-refractivity contribution in [2.24, 2.45) is 0 Å². The van der Waals surface area contributed by atoms with E-state index in [0.717, 1.165) is 23.9 Å². The van der Waals surface area contributed by atoms with E-state index >= 15 is 0 Å². The Kier molecular flexibility index (Phi) is 2.37. The number of amides is 1. The Balaban J connectivity index is 1.78. The van der Waals surface area contributed by atoms with Crippen LogP contribution in [0.2, 0.25) is 0 Å². The van der Waals surface area contributed by atoms with E-state index in [0.29, 0.717) is 25.0 Å². The standard InChI is InChI=1S/C14H15BrN2O2/c15-9-5-8-1-4-17-12-2-3-16(14(18)19)7-11(12)10(6-9)13(8)17/h5-6,11-12H,1-4,7H2,(H,18,19)/t11-,12-/m0/s1. The van der Waals surface area contributed by atoms with Crippen molar-refractivity contribution in [2.45, 2.75) is 24.8 Å². The summed E-state index contributed by atoms with van der Waals surface area (Å²) in [7, 11) is 0. The summed E-state index contributed by atoms with van der Waals surface area (Å²) >= 11 is 3.59. The molecule has 0 bridgehead atoms. The van der Waals surface area contributed by atoms with Crippen LogP contribution in [-0.2, 0) is 6.42 Å². The number of carbonyl (C=O) groups is 1. The average molecular weight is 323 g/mol. The first-order valence-electron chi connectivity index (χ1n) is 6.72. The van der Waals surface area contributed by atoms with E-state index in [1.165, 1.54) is 16.8 Å². The molecule has 4 nitrogen and oxygen atoms in total. The minimum atomic E-state index is -0.786. The third-order valence-corrected chi connectivity index (χ3v) is 5.20. The van der Waals surface area contributed by atoms with Gasteiger partial charge in [-0.25, -0.2) is 4.79 Å². The molecule has 3 aliphatic rings. The van der Waals surface area contributed by atoms with Gasteiger partial charge in [-0.2, -0.15) is 0 Å². The summed E-state index contributed by atoms with van der Waals surface area (Å²) < 4.78 is 1.12. The fourth-order valence-corrected chi connectivity index (χ4v) is 4.50. The summed E-state index contributed by atoms with van der Waals surface area (Å²) in [6, 6.07) is 4.90. The first-order chi connectivity index (χ1) is 9.15. The monoisotopic (exact) mass is 322 g/mol. The molecule has 3 heterocycles. The van der Waals surface area contributed by atoms with E-state index < -0.39 is 6.09 Å². The van der Waals surface area contributed by atoms with Crippen LogP contribution in [0.3, 0.4) is 0 Å². The molecular formula is C14H15BrN2O2. The molecule has 5 heteroatoms. The van der Waals surface area contributed by atoms with Crippen LogP contribution in [0.1, 0.15) is 23.5 Å². The lowest BCUT2D eigenvalue weighted by molar-refractivity contribution is 0.127. The maximum atomic E-state index is 11.2. The van der Waals surface area contributed by atoms with Crippen LogP contribution in [-0.4, -0.2) is 41.8 Å². The van der Waals surface area contributed by atoms with Crippen molar-refractivity contribution >= 4 is 27.7 Å². The quantitative estimate of drug-likeness (QED) is 0.798. The molecule has 1 saturated heterocycles. The molecule has 19 heavy (non-hydrogen) atoms. The van der Waals surface area contributed by atoms with Crippen molar-refractivity contribution in [3.63, 3.8) is 0 Å². The fourth-order valence-electron chi connectivity index (χ4n) is 3.98. The summed E-state index contributed by atoms with van der Waals surface area (Å²) in [5.74, 6) is 0.344. The van der Waals surface area contributed by atoms with E-state index in [9.17, 15) is 9.90 Å². The number of hydrogen-bond acceptors (Lipinski definition) is 2. The maximum Gasteiger partial charge on any atom is 0.407 e. The van der Waals surface area contributed by atoms with Crippen molar-refractivity contribution in [3.8, 4) is 0 Å². The molecule has 0 unspecified atom stereocenters. The predicted molar refractivity (Wildman–Crippen MR) is 75.9 cm³/mol. The van der Waals surface area contributed by atoms with Crippen LogP contribution in [0, 0.1) is 0 Å². The second-order valence-electron chi connectivity index (χ2n) is 5.64. The summed E-state index contributed by atoms with van der Waals surface area (Å²) in [6.07, 6.45) is 1.28. The van der Waals surface area contributed by atoms with Crippen molar-refractivity contribution in [3.05, 3.63) is 27.7 Å². The van der Waals surface area contributed by atoms with E-state index in [1.54, 1.807) is 4.90 Å². The van der Waals surface area contributed by atoms with E-state index in [-0.39, 0.29) is 0 Å². The van der Waals surface area contributed by atoms with Crippen molar-refractivity contribution in [1.29, 1.82) is 0 Å². The third-order valence-electron chi connectivity index (χ3n) is 4.74. The van der Waals surface area contributed by atoms with Gasteiger partial charge in [0.25, 0.3) is 0 Å². The predicted octanol–water partition coefficient (Wildman–Crippen LogP) is 2.66. The molecule has 2 atom stereocenters. The van der Waals surface area contributed by atoms with Gasteiger partial charge in [-0.3, -0.25) is 0 Å². The maximum absolute atomic E-state index is 11.2. The number of carboxylic acid groups (broad SMARTS) is 1. The smallest absolute Gasteiger partial charge is 0.407 e. The van der Waals surface area contributed by atoms with Crippen LogP contribution in [0.15, 0.2) is 16.6 Å². The van der Waals surface area contributed by atoms with Crippen molar-refractivity contribution < 1.29 is 9.90 Å².